The molecule has 0 bridgehead atoms. The summed E-state index contributed by atoms with van der Waals surface area (Å²) in [6.07, 6.45) is 0. The molecule has 0 spiro atoms. The predicted molar refractivity (Wildman–Crippen MR) is 221 cm³/mol. The second kappa shape index (κ2) is 17.9. The summed E-state index contributed by atoms with van der Waals surface area (Å²) in [6.45, 7) is 9.08. The lowest BCUT2D eigenvalue weighted by Crippen LogP contribution is -2.35. The van der Waals surface area contributed by atoms with Crippen molar-refractivity contribution in [3.05, 3.63) is 185 Å². The Labute approximate surface area is 322 Å². The number of hydrogen-bond donors (Lipinski definition) is 0. The first kappa shape index (κ1) is 39.5. The van der Waals surface area contributed by atoms with Crippen LogP contribution < -0.4 is 23.7 Å². The number of rotatable bonds is 13. The van der Waals surface area contributed by atoms with E-state index in [0.29, 0.717) is 11.8 Å². The average molecular weight is 723 g/mol. The maximum absolute atomic E-state index is 5.38. The Hall–Kier alpha value is -5.68. The van der Waals surface area contributed by atoms with Crippen molar-refractivity contribution >= 4 is 0 Å². The van der Waals surface area contributed by atoms with Gasteiger partial charge in [-0.15, -0.1) is 0 Å². The van der Waals surface area contributed by atoms with Crippen LogP contribution >= 0.6 is 0 Å². The molecule has 0 radical (unpaired) electrons. The predicted octanol–water partition coefficient (Wildman–Crippen LogP) is 11.4. The standard InChI is InChI=1S/C25H28O3.C24H26O2/c1-18(2)25(19-6-12-22(26-3)13-7-19,20-8-14-23(27-4)15-9-20)21-10-16-24(28-5)17-11-21;1-18(2)24(19-8-6-5-7-9-19,20-10-14-22(25-3)15-11-20)21-12-16-23(26-4)17-13-21/h6-18H,1-5H3;5-18H,1-4H3. The second-order valence-electron chi connectivity index (χ2n) is 13.9. The monoisotopic (exact) mass is 722 g/mol. The van der Waals surface area contributed by atoms with Crippen molar-refractivity contribution in [2.45, 2.75) is 38.5 Å². The van der Waals surface area contributed by atoms with E-state index in [4.69, 9.17) is 23.7 Å². The molecule has 0 aromatic heterocycles. The number of methoxy groups -OCH3 is 5. The molecule has 0 unspecified atom stereocenters. The van der Waals surface area contributed by atoms with Gasteiger partial charge in [0.05, 0.1) is 35.5 Å². The molecule has 0 aliphatic heterocycles. The van der Waals surface area contributed by atoms with Gasteiger partial charge in [0.2, 0.25) is 0 Å². The fourth-order valence-electron chi connectivity index (χ4n) is 7.97. The molecule has 6 rings (SSSR count). The van der Waals surface area contributed by atoms with Crippen LogP contribution in [0.15, 0.2) is 152 Å². The van der Waals surface area contributed by atoms with Crippen LogP contribution in [0.1, 0.15) is 61.1 Å². The minimum atomic E-state index is -0.315. The van der Waals surface area contributed by atoms with Crippen LogP contribution in [-0.2, 0) is 10.8 Å². The summed E-state index contributed by atoms with van der Waals surface area (Å²) in [5, 5.41) is 0. The van der Waals surface area contributed by atoms with Crippen molar-refractivity contribution in [1.29, 1.82) is 0 Å². The van der Waals surface area contributed by atoms with Gasteiger partial charge < -0.3 is 23.7 Å². The highest BCUT2D eigenvalue weighted by molar-refractivity contribution is 5.55. The SMILES string of the molecule is COc1ccc(C(c2ccc(OC)cc2)(c2ccc(OC)cc2)C(C)C)cc1.COc1ccc(C(c2ccccc2)(c2ccc(OC)cc2)C(C)C)cc1. The zero-order valence-electron chi connectivity index (χ0n) is 33.1. The van der Waals surface area contributed by atoms with E-state index < -0.39 is 0 Å². The fraction of sp³-hybridized carbons (Fsp3) is 0.265. The Morgan fingerprint density at radius 2 is 0.463 bits per heavy atom. The Morgan fingerprint density at radius 1 is 0.278 bits per heavy atom. The molecule has 0 aliphatic rings. The first-order chi connectivity index (χ1) is 26.2. The largest absolute Gasteiger partial charge is 0.497 e. The lowest BCUT2D eigenvalue weighted by molar-refractivity contribution is 0.407. The van der Waals surface area contributed by atoms with Crippen LogP contribution in [0.3, 0.4) is 0 Å². The molecule has 5 heteroatoms. The van der Waals surface area contributed by atoms with Gasteiger partial charge in [-0.25, -0.2) is 0 Å². The third kappa shape index (κ3) is 7.82. The molecule has 6 aromatic rings. The first-order valence-corrected chi connectivity index (χ1v) is 18.5. The Balaban J connectivity index is 0.000000208. The van der Waals surface area contributed by atoms with Gasteiger partial charge in [-0.1, -0.05) is 119 Å². The maximum atomic E-state index is 5.38. The topological polar surface area (TPSA) is 46.2 Å². The summed E-state index contributed by atoms with van der Waals surface area (Å²) >= 11 is 0. The zero-order valence-corrected chi connectivity index (χ0v) is 33.1. The number of benzene rings is 6. The van der Waals surface area contributed by atoms with Gasteiger partial charge in [-0.3, -0.25) is 0 Å². The molecule has 0 heterocycles. The van der Waals surface area contributed by atoms with Crippen LogP contribution in [0.25, 0.3) is 0 Å². The van der Waals surface area contributed by atoms with E-state index in [2.05, 4.69) is 119 Å². The van der Waals surface area contributed by atoms with Crippen LogP contribution in [0.4, 0.5) is 0 Å². The molecule has 0 fully saturated rings. The second-order valence-corrected chi connectivity index (χ2v) is 13.9. The minimum Gasteiger partial charge on any atom is -0.497 e. The Morgan fingerprint density at radius 3 is 0.630 bits per heavy atom. The third-order valence-corrected chi connectivity index (χ3v) is 10.7. The summed E-state index contributed by atoms with van der Waals surface area (Å²) in [6, 6.07) is 52.7. The molecule has 6 aromatic carbocycles. The van der Waals surface area contributed by atoms with E-state index in [9.17, 15) is 0 Å². The van der Waals surface area contributed by atoms with Gasteiger partial charge in [0.1, 0.15) is 28.7 Å². The molecular weight excluding hydrogens is 669 g/mol. The summed E-state index contributed by atoms with van der Waals surface area (Å²) in [4.78, 5) is 0. The van der Waals surface area contributed by atoms with E-state index in [1.54, 1.807) is 35.5 Å². The lowest BCUT2D eigenvalue weighted by atomic mass is 9.63. The normalized spacial score (nSPS) is 11.4. The van der Waals surface area contributed by atoms with Crippen molar-refractivity contribution in [3.8, 4) is 28.7 Å². The quantitative estimate of drug-likeness (QED) is 0.111. The highest BCUT2D eigenvalue weighted by atomic mass is 16.5. The molecular formula is C49H54O5. The van der Waals surface area contributed by atoms with Gasteiger partial charge in [-0.2, -0.15) is 0 Å². The molecule has 280 valence electrons. The van der Waals surface area contributed by atoms with Gasteiger partial charge in [0.15, 0.2) is 0 Å². The van der Waals surface area contributed by atoms with E-state index >= 15 is 0 Å². The molecule has 0 amide bonds. The highest BCUT2D eigenvalue weighted by Gasteiger charge is 2.40. The van der Waals surface area contributed by atoms with Crippen molar-refractivity contribution < 1.29 is 23.7 Å². The molecule has 0 atom stereocenters. The van der Waals surface area contributed by atoms with Gasteiger partial charge >= 0.3 is 0 Å². The summed E-state index contributed by atoms with van der Waals surface area (Å²) < 4.78 is 26.9. The summed E-state index contributed by atoms with van der Waals surface area (Å²) in [5.41, 5.74) is 6.89. The fourth-order valence-corrected chi connectivity index (χ4v) is 7.97. The molecule has 0 N–H and O–H groups in total. The summed E-state index contributed by atoms with van der Waals surface area (Å²) in [7, 11) is 8.48. The average Bonchev–Trinajstić information content (AvgIpc) is 3.23. The lowest BCUT2D eigenvalue weighted by Gasteiger charge is -2.40. The van der Waals surface area contributed by atoms with Crippen molar-refractivity contribution in [3.63, 3.8) is 0 Å². The Kier molecular flexibility index (Phi) is 13.1. The van der Waals surface area contributed by atoms with Crippen LogP contribution in [0, 0.1) is 11.8 Å². The van der Waals surface area contributed by atoms with E-state index in [-0.39, 0.29) is 10.8 Å². The Bertz CT molecular complexity index is 1830. The van der Waals surface area contributed by atoms with E-state index in [1.807, 2.05) is 60.7 Å². The molecule has 0 aliphatic carbocycles. The molecule has 54 heavy (non-hydrogen) atoms. The first-order valence-electron chi connectivity index (χ1n) is 18.5. The van der Waals surface area contributed by atoms with E-state index in [0.717, 1.165) is 28.7 Å². The van der Waals surface area contributed by atoms with Gasteiger partial charge in [0, 0.05) is 10.8 Å². The van der Waals surface area contributed by atoms with Crippen molar-refractivity contribution in [2.24, 2.45) is 11.8 Å². The van der Waals surface area contributed by atoms with Crippen LogP contribution in [0.2, 0.25) is 0 Å². The van der Waals surface area contributed by atoms with Crippen molar-refractivity contribution in [2.75, 3.05) is 35.5 Å². The van der Waals surface area contributed by atoms with Crippen molar-refractivity contribution in [1.82, 2.24) is 0 Å². The molecule has 0 saturated heterocycles. The van der Waals surface area contributed by atoms with Gasteiger partial charge in [0.25, 0.3) is 0 Å². The molecule has 0 saturated carbocycles. The smallest absolute Gasteiger partial charge is 0.118 e. The van der Waals surface area contributed by atoms with E-state index in [1.165, 1.54) is 33.4 Å². The van der Waals surface area contributed by atoms with Crippen LogP contribution in [-0.4, -0.2) is 35.5 Å². The number of ether oxygens (including phenoxy) is 5. The maximum Gasteiger partial charge on any atom is 0.118 e. The van der Waals surface area contributed by atoms with Gasteiger partial charge in [-0.05, 0) is 106 Å². The van der Waals surface area contributed by atoms with Crippen LogP contribution in [0.5, 0.6) is 28.7 Å². The third-order valence-electron chi connectivity index (χ3n) is 10.7. The summed E-state index contributed by atoms with van der Waals surface area (Å²) in [5.74, 6) is 4.96. The number of hydrogen-bond acceptors (Lipinski definition) is 5. The highest BCUT2D eigenvalue weighted by Crippen LogP contribution is 2.47. The minimum absolute atomic E-state index is 0.250. The molecule has 5 nitrogen and oxygen atoms in total. The zero-order chi connectivity index (χ0) is 38.7.